The zero-order valence-corrected chi connectivity index (χ0v) is 11.8. The van der Waals surface area contributed by atoms with Crippen molar-refractivity contribution in [1.29, 1.82) is 0 Å². The second-order valence-electron chi connectivity index (χ2n) is 4.76. The topological polar surface area (TPSA) is 55.4 Å². The molecule has 1 N–H and O–H groups in total. The lowest BCUT2D eigenvalue weighted by Gasteiger charge is -2.35. The zero-order valence-electron chi connectivity index (χ0n) is 10.9. The van der Waals surface area contributed by atoms with Gasteiger partial charge >= 0.3 is 5.51 Å². The van der Waals surface area contributed by atoms with E-state index >= 15 is 0 Å². The Morgan fingerprint density at radius 2 is 1.90 bits per heavy atom. The molecule has 0 amide bonds. The van der Waals surface area contributed by atoms with Gasteiger partial charge in [0.15, 0.2) is 0 Å². The van der Waals surface area contributed by atoms with E-state index in [9.17, 15) is 26.0 Å². The minimum atomic E-state index is -5.61. The maximum Gasteiger partial charge on any atom is 0.501 e. The van der Waals surface area contributed by atoms with Gasteiger partial charge in [0.05, 0.1) is 11.8 Å². The van der Waals surface area contributed by atoms with E-state index in [2.05, 4.69) is 5.32 Å². The highest BCUT2D eigenvalue weighted by atomic mass is 32.2. The predicted molar refractivity (Wildman–Crippen MR) is 67.1 cm³/mol. The number of halogens is 4. The summed E-state index contributed by atoms with van der Waals surface area (Å²) in [7, 11) is -4.10. The normalized spacial score (nSPS) is 22.7. The van der Waals surface area contributed by atoms with Crippen LogP contribution in [0.1, 0.15) is 12.8 Å². The molecule has 0 bridgehead atoms. The summed E-state index contributed by atoms with van der Waals surface area (Å²) >= 11 is 0. The zero-order chi connectivity index (χ0) is 15.8. The van der Waals surface area contributed by atoms with Gasteiger partial charge in [-0.3, -0.25) is 0 Å². The third kappa shape index (κ3) is 3.13. The molecule has 0 heterocycles. The van der Waals surface area contributed by atoms with Gasteiger partial charge in [0.25, 0.3) is 9.84 Å². The summed E-state index contributed by atoms with van der Waals surface area (Å²) in [6, 6.07) is 2.07. The van der Waals surface area contributed by atoms with Crippen LogP contribution in [0.4, 0.5) is 23.2 Å². The Bertz CT molecular complexity index is 624. The van der Waals surface area contributed by atoms with Crippen LogP contribution in [0.2, 0.25) is 0 Å². The highest BCUT2D eigenvalue weighted by molar-refractivity contribution is 7.92. The number of sulfone groups is 1. The Kier molecular flexibility index (Phi) is 4.16. The number of hydrogen-bond acceptors (Lipinski definition) is 4. The van der Waals surface area contributed by atoms with Crippen LogP contribution in [0, 0.1) is 5.82 Å². The van der Waals surface area contributed by atoms with Crippen LogP contribution in [-0.2, 0) is 14.6 Å². The van der Waals surface area contributed by atoms with E-state index in [-0.39, 0.29) is 17.8 Å². The predicted octanol–water partition coefficient (Wildman–Crippen LogP) is 2.71. The van der Waals surface area contributed by atoms with Gasteiger partial charge in [0.1, 0.15) is 10.7 Å². The Hall–Kier alpha value is -1.35. The molecule has 0 spiro atoms. The van der Waals surface area contributed by atoms with Crippen molar-refractivity contribution in [2.24, 2.45) is 0 Å². The van der Waals surface area contributed by atoms with Gasteiger partial charge in [-0.25, -0.2) is 12.8 Å². The molecule has 0 atom stereocenters. The molecule has 21 heavy (non-hydrogen) atoms. The number of benzene rings is 1. The molecule has 9 heteroatoms. The van der Waals surface area contributed by atoms with E-state index in [1.54, 1.807) is 0 Å². The summed E-state index contributed by atoms with van der Waals surface area (Å²) in [5.41, 5.74) is -5.74. The number of alkyl halides is 3. The van der Waals surface area contributed by atoms with Gasteiger partial charge in [-0.2, -0.15) is 13.2 Å². The third-order valence-electron chi connectivity index (χ3n) is 3.33. The number of ether oxygens (including phenoxy) is 1. The van der Waals surface area contributed by atoms with Crippen molar-refractivity contribution in [2.45, 2.75) is 35.4 Å². The highest BCUT2D eigenvalue weighted by Gasteiger charge is 2.48. The molecule has 1 fully saturated rings. The number of methoxy groups -OCH3 is 1. The molecule has 1 aliphatic carbocycles. The van der Waals surface area contributed by atoms with Gasteiger partial charge in [0.2, 0.25) is 0 Å². The first kappa shape index (κ1) is 16.0. The summed E-state index contributed by atoms with van der Waals surface area (Å²) < 4.78 is 79.0. The fourth-order valence-corrected chi connectivity index (χ4v) is 2.99. The van der Waals surface area contributed by atoms with Crippen molar-refractivity contribution in [3.63, 3.8) is 0 Å². The maximum absolute atomic E-state index is 13.1. The summed E-state index contributed by atoms with van der Waals surface area (Å²) in [5.74, 6) is -1.05. The molecule has 4 nitrogen and oxygen atoms in total. The monoisotopic (exact) mass is 327 g/mol. The fourth-order valence-electron chi connectivity index (χ4n) is 2.06. The maximum atomic E-state index is 13.1. The minimum Gasteiger partial charge on any atom is -0.381 e. The average molecular weight is 327 g/mol. The van der Waals surface area contributed by atoms with E-state index in [0.717, 1.165) is 12.1 Å². The molecular weight excluding hydrogens is 314 g/mol. The SMILES string of the molecule is COC1CC(Nc2ccc(F)cc2S(=O)(=O)C(F)(F)F)C1. The second-order valence-corrected chi connectivity index (χ2v) is 6.67. The molecule has 2 rings (SSSR count). The molecule has 0 aliphatic heterocycles. The van der Waals surface area contributed by atoms with E-state index in [1.807, 2.05) is 0 Å². The van der Waals surface area contributed by atoms with Crippen molar-refractivity contribution >= 4 is 15.5 Å². The Morgan fingerprint density at radius 3 is 2.43 bits per heavy atom. The molecule has 1 aromatic carbocycles. The molecule has 0 radical (unpaired) electrons. The summed E-state index contributed by atoms with van der Waals surface area (Å²) in [6.45, 7) is 0. The standard InChI is InChI=1S/C12H13F4NO3S/c1-20-9-5-8(6-9)17-10-3-2-7(13)4-11(10)21(18,19)12(14,15)16/h2-4,8-9,17H,5-6H2,1H3. The Labute approximate surface area is 119 Å². The molecular formula is C12H13F4NO3S. The van der Waals surface area contributed by atoms with Crippen LogP contribution in [0.3, 0.4) is 0 Å². The van der Waals surface area contributed by atoms with E-state index < -0.39 is 26.1 Å². The summed E-state index contributed by atoms with van der Waals surface area (Å²) in [4.78, 5) is -1.10. The first-order valence-electron chi connectivity index (χ1n) is 6.05. The number of nitrogens with one attached hydrogen (secondary N) is 1. The molecule has 118 valence electrons. The van der Waals surface area contributed by atoms with Gasteiger partial charge in [0, 0.05) is 13.2 Å². The van der Waals surface area contributed by atoms with Gasteiger partial charge in [-0.1, -0.05) is 0 Å². The lowest BCUT2D eigenvalue weighted by Crippen LogP contribution is -2.40. The largest absolute Gasteiger partial charge is 0.501 e. The van der Waals surface area contributed by atoms with Gasteiger partial charge < -0.3 is 10.1 Å². The average Bonchev–Trinajstić information content (AvgIpc) is 2.33. The van der Waals surface area contributed by atoms with Crippen LogP contribution in [0.15, 0.2) is 23.1 Å². The van der Waals surface area contributed by atoms with Crippen LogP contribution in [0.25, 0.3) is 0 Å². The van der Waals surface area contributed by atoms with Crippen LogP contribution in [0.5, 0.6) is 0 Å². The van der Waals surface area contributed by atoms with Crippen LogP contribution < -0.4 is 5.32 Å². The molecule has 0 aromatic heterocycles. The lowest BCUT2D eigenvalue weighted by atomic mass is 9.89. The quantitative estimate of drug-likeness (QED) is 0.864. The molecule has 0 saturated heterocycles. The number of anilines is 1. The van der Waals surface area contributed by atoms with Crippen LogP contribution in [-0.4, -0.2) is 33.2 Å². The Morgan fingerprint density at radius 1 is 1.29 bits per heavy atom. The van der Waals surface area contributed by atoms with Crippen molar-refractivity contribution in [3.8, 4) is 0 Å². The second kappa shape index (κ2) is 5.45. The Balaban J connectivity index is 2.31. The van der Waals surface area contributed by atoms with Crippen molar-refractivity contribution in [2.75, 3.05) is 12.4 Å². The molecule has 1 aromatic rings. The lowest BCUT2D eigenvalue weighted by molar-refractivity contribution is -0.0435. The third-order valence-corrected chi connectivity index (χ3v) is 4.85. The van der Waals surface area contributed by atoms with Crippen molar-refractivity contribution in [3.05, 3.63) is 24.0 Å². The van der Waals surface area contributed by atoms with E-state index in [4.69, 9.17) is 4.74 Å². The summed E-state index contributed by atoms with van der Waals surface area (Å²) in [5, 5.41) is 2.69. The van der Waals surface area contributed by atoms with Crippen molar-refractivity contribution < 1.29 is 30.7 Å². The number of hydrogen-bond donors (Lipinski definition) is 1. The highest BCUT2D eigenvalue weighted by Crippen LogP contribution is 2.36. The number of rotatable bonds is 4. The van der Waals surface area contributed by atoms with Crippen LogP contribution >= 0.6 is 0 Å². The smallest absolute Gasteiger partial charge is 0.381 e. The van der Waals surface area contributed by atoms with E-state index in [0.29, 0.717) is 18.9 Å². The first-order valence-corrected chi connectivity index (χ1v) is 7.53. The van der Waals surface area contributed by atoms with Crippen molar-refractivity contribution in [1.82, 2.24) is 0 Å². The van der Waals surface area contributed by atoms with Gasteiger partial charge in [-0.05, 0) is 31.0 Å². The first-order chi connectivity index (χ1) is 9.65. The molecule has 1 aliphatic rings. The minimum absolute atomic E-state index is 0.00868. The molecule has 0 unspecified atom stereocenters. The summed E-state index contributed by atoms with van der Waals surface area (Å²) in [6.07, 6.45) is 1.07. The molecule has 1 saturated carbocycles. The van der Waals surface area contributed by atoms with Gasteiger partial charge in [-0.15, -0.1) is 0 Å². The van der Waals surface area contributed by atoms with E-state index in [1.165, 1.54) is 7.11 Å². The fraction of sp³-hybridized carbons (Fsp3) is 0.500.